The average molecular weight is 339 g/mol. The number of rotatable bonds is 5. The summed E-state index contributed by atoms with van der Waals surface area (Å²) in [7, 11) is 0. The van der Waals surface area contributed by atoms with Crippen molar-refractivity contribution in [1.82, 2.24) is 19.7 Å². The van der Waals surface area contributed by atoms with Gasteiger partial charge in [-0.2, -0.15) is 5.10 Å². The van der Waals surface area contributed by atoms with Crippen LogP contribution >= 0.6 is 23.2 Å². The van der Waals surface area contributed by atoms with E-state index in [1.165, 1.54) is 19.3 Å². The normalized spacial score (nSPS) is 19.5. The number of pyridine rings is 1. The zero-order valence-electron chi connectivity index (χ0n) is 12.5. The highest BCUT2D eigenvalue weighted by atomic mass is 35.5. The Morgan fingerprint density at radius 1 is 1.18 bits per heavy atom. The first-order chi connectivity index (χ1) is 10.7. The van der Waals surface area contributed by atoms with Crippen LogP contribution in [0.3, 0.4) is 0 Å². The maximum atomic E-state index is 6.27. The van der Waals surface area contributed by atoms with E-state index in [1.807, 2.05) is 23.1 Å². The lowest BCUT2D eigenvalue weighted by molar-refractivity contribution is 0.127. The van der Waals surface area contributed by atoms with E-state index in [0.717, 1.165) is 31.6 Å². The molecule has 1 fully saturated rings. The van der Waals surface area contributed by atoms with Crippen molar-refractivity contribution >= 4 is 23.2 Å². The van der Waals surface area contributed by atoms with Crippen LogP contribution in [0.4, 0.5) is 0 Å². The van der Waals surface area contributed by atoms with Gasteiger partial charge in [-0.3, -0.25) is 14.6 Å². The fourth-order valence-electron chi connectivity index (χ4n) is 3.10. The molecular formula is C16H20Cl2N4. The highest BCUT2D eigenvalue weighted by molar-refractivity contribution is 6.35. The second kappa shape index (κ2) is 7.44. The predicted molar refractivity (Wildman–Crippen MR) is 89.2 cm³/mol. The van der Waals surface area contributed by atoms with Crippen molar-refractivity contribution in [2.45, 2.75) is 44.8 Å². The van der Waals surface area contributed by atoms with Gasteiger partial charge in [0.25, 0.3) is 0 Å². The summed E-state index contributed by atoms with van der Waals surface area (Å²) in [5.74, 6) is 0. The van der Waals surface area contributed by atoms with Gasteiger partial charge in [0.15, 0.2) is 0 Å². The van der Waals surface area contributed by atoms with Gasteiger partial charge in [-0.25, -0.2) is 0 Å². The summed E-state index contributed by atoms with van der Waals surface area (Å²) in [5.41, 5.74) is 0.990. The lowest BCUT2D eigenvalue weighted by Gasteiger charge is -2.36. The minimum absolute atomic E-state index is 0.554. The molecule has 0 aromatic carbocycles. The van der Waals surface area contributed by atoms with Crippen molar-refractivity contribution in [1.29, 1.82) is 0 Å². The van der Waals surface area contributed by atoms with Gasteiger partial charge in [-0.15, -0.1) is 0 Å². The molecule has 6 heteroatoms. The fourth-order valence-corrected chi connectivity index (χ4v) is 3.59. The molecule has 3 rings (SSSR count). The first-order valence-electron chi connectivity index (χ1n) is 7.73. The average Bonchev–Trinajstić information content (AvgIpc) is 3.03. The third-order valence-corrected chi connectivity index (χ3v) is 4.96. The van der Waals surface area contributed by atoms with Gasteiger partial charge in [0, 0.05) is 49.5 Å². The van der Waals surface area contributed by atoms with Gasteiger partial charge < -0.3 is 0 Å². The van der Waals surface area contributed by atoms with Crippen LogP contribution in [-0.2, 0) is 13.1 Å². The monoisotopic (exact) mass is 338 g/mol. The zero-order valence-corrected chi connectivity index (χ0v) is 14.0. The fraction of sp³-hybridized carbons (Fsp3) is 0.500. The summed E-state index contributed by atoms with van der Waals surface area (Å²) in [6.07, 6.45) is 12.0. The Bertz CT molecular complexity index is 580. The van der Waals surface area contributed by atoms with Crippen LogP contribution in [0.25, 0.3) is 0 Å². The van der Waals surface area contributed by atoms with Gasteiger partial charge in [0.2, 0.25) is 0 Å². The minimum Gasteiger partial charge on any atom is -0.296 e. The number of likely N-dealkylation sites (tertiary alicyclic amines) is 1. The van der Waals surface area contributed by atoms with Crippen molar-refractivity contribution in [3.63, 3.8) is 0 Å². The number of piperidine rings is 1. The van der Waals surface area contributed by atoms with Gasteiger partial charge in [0.1, 0.15) is 0 Å². The van der Waals surface area contributed by atoms with E-state index in [-0.39, 0.29) is 0 Å². The molecule has 1 atom stereocenters. The van der Waals surface area contributed by atoms with E-state index in [1.54, 1.807) is 12.4 Å². The molecule has 3 heterocycles. The van der Waals surface area contributed by atoms with Gasteiger partial charge in [-0.1, -0.05) is 29.6 Å². The minimum atomic E-state index is 0.554. The second-order valence-electron chi connectivity index (χ2n) is 5.76. The lowest BCUT2D eigenvalue weighted by Crippen LogP contribution is -2.39. The van der Waals surface area contributed by atoms with E-state index in [4.69, 9.17) is 23.2 Å². The summed E-state index contributed by atoms with van der Waals surface area (Å²) in [4.78, 5) is 6.53. The van der Waals surface area contributed by atoms with Crippen molar-refractivity contribution in [3.8, 4) is 0 Å². The van der Waals surface area contributed by atoms with Crippen LogP contribution in [0, 0.1) is 0 Å². The molecule has 1 unspecified atom stereocenters. The molecule has 0 radical (unpaired) electrons. The van der Waals surface area contributed by atoms with E-state index < -0.39 is 0 Å². The summed E-state index contributed by atoms with van der Waals surface area (Å²) in [6, 6.07) is 2.52. The largest absolute Gasteiger partial charge is 0.296 e. The van der Waals surface area contributed by atoms with Gasteiger partial charge in [-0.05, 0) is 31.9 Å². The van der Waals surface area contributed by atoms with Crippen LogP contribution in [-0.4, -0.2) is 32.3 Å². The van der Waals surface area contributed by atoms with Crippen LogP contribution in [0.1, 0.15) is 31.2 Å². The molecule has 2 aromatic heterocycles. The SMILES string of the molecule is Clc1cncc(Cl)c1CN1CCCCC1CCn1cccn1. The predicted octanol–water partition coefficient (Wildman–Crippen LogP) is 4.03. The third-order valence-electron chi connectivity index (χ3n) is 4.31. The van der Waals surface area contributed by atoms with E-state index >= 15 is 0 Å². The van der Waals surface area contributed by atoms with Crippen molar-refractivity contribution in [2.75, 3.05) is 6.54 Å². The first-order valence-corrected chi connectivity index (χ1v) is 8.49. The molecular weight excluding hydrogens is 319 g/mol. The quantitative estimate of drug-likeness (QED) is 0.825. The Morgan fingerprint density at radius 3 is 2.73 bits per heavy atom. The Balaban J connectivity index is 1.67. The summed E-state index contributed by atoms with van der Waals surface area (Å²) in [5, 5.41) is 5.60. The summed E-state index contributed by atoms with van der Waals surface area (Å²) >= 11 is 12.5. The highest BCUT2D eigenvalue weighted by Gasteiger charge is 2.23. The number of aromatic nitrogens is 3. The molecule has 4 nitrogen and oxygen atoms in total. The Hall–Kier alpha value is -1.10. The van der Waals surface area contributed by atoms with Gasteiger partial charge >= 0.3 is 0 Å². The van der Waals surface area contributed by atoms with Crippen LogP contribution in [0.5, 0.6) is 0 Å². The van der Waals surface area contributed by atoms with Crippen molar-refractivity contribution in [3.05, 3.63) is 46.5 Å². The molecule has 0 saturated carbocycles. The maximum absolute atomic E-state index is 6.27. The molecule has 0 spiro atoms. The van der Waals surface area contributed by atoms with Crippen LogP contribution in [0.15, 0.2) is 30.9 Å². The number of aryl methyl sites for hydroxylation is 1. The van der Waals surface area contributed by atoms with Crippen LogP contribution < -0.4 is 0 Å². The summed E-state index contributed by atoms with van der Waals surface area (Å²) in [6.45, 7) is 2.84. The molecule has 1 aliphatic rings. The van der Waals surface area contributed by atoms with Crippen LogP contribution in [0.2, 0.25) is 10.0 Å². The third kappa shape index (κ3) is 3.80. The summed E-state index contributed by atoms with van der Waals surface area (Å²) < 4.78 is 2.00. The first kappa shape index (κ1) is 15.8. The Kier molecular flexibility index (Phi) is 5.34. The molecule has 0 amide bonds. The topological polar surface area (TPSA) is 34.0 Å². The molecule has 2 aromatic rings. The molecule has 22 heavy (non-hydrogen) atoms. The standard InChI is InChI=1S/C16H20Cl2N4/c17-15-10-19-11-16(18)14(15)12-21-7-2-1-4-13(21)5-9-22-8-3-6-20-22/h3,6,8,10-11,13H,1-2,4-5,7,9,12H2. The Labute approximate surface area is 141 Å². The number of halogens is 2. The maximum Gasteiger partial charge on any atom is 0.0649 e. The number of hydrogen-bond donors (Lipinski definition) is 0. The zero-order chi connectivity index (χ0) is 15.4. The van der Waals surface area contributed by atoms with E-state index in [9.17, 15) is 0 Å². The smallest absolute Gasteiger partial charge is 0.0649 e. The Morgan fingerprint density at radius 2 is 2.00 bits per heavy atom. The van der Waals surface area contributed by atoms with Gasteiger partial charge in [0.05, 0.1) is 10.0 Å². The van der Waals surface area contributed by atoms with Crippen molar-refractivity contribution < 1.29 is 0 Å². The molecule has 0 aliphatic carbocycles. The number of hydrogen-bond acceptors (Lipinski definition) is 3. The van der Waals surface area contributed by atoms with E-state index in [2.05, 4.69) is 15.0 Å². The molecule has 0 bridgehead atoms. The van der Waals surface area contributed by atoms with E-state index in [0.29, 0.717) is 16.1 Å². The highest BCUT2D eigenvalue weighted by Crippen LogP contribution is 2.28. The second-order valence-corrected chi connectivity index (χ2v) is 6.57. The van der Waals surface area contributed by atoms with Crippen molar-refractivity contribution in [2.24, 2.45) is 0 Å². The lowest BCUT2D eigenvalue weighted by atomic mass is 9.98. The molecule has 1 aliphatic heterocycles. The molecule has 118 valence electrons. The molecule has 0 N–H and O–H groups in total. The number of nitrogens with zero attached hydrogens (tertiary/aromatic N) is 4. The molecule has 1 saturated heterocycles.